The van der Waals surface area contributed by atoms with E-state index >= 15 is 0 Å². The maximum atomic E-state index is 11.9. The molecule has 2 amide bonds. The first-order chi connectivity index (χ1) is 10.5. The maximum Gasteiger partial charge on any atom is 0.319 e. The lowest BCUT2D eigenvalue weighted by Crippen LogP contribution is -2.37. The van der Waals surface area contributed by atoms with Gasteiger partial charge in [-0.1, -0.05) is 6.07 Å². The van der Waals surface area contributed by atoms with Gasteiger partial charge in [-0.3, -0.25) is 10.4 Å². The van der Waals surface area contributed by atoms with Crippen molar-refractivity contribution in [3.05, 3.63) is 59.9 Å². The zero-order valence-corrected chi connectivity index (χ0v) is 12.3. The Bertz CT molecular complexity index is 639. The van der Waals surface area contributed by atoms with Gasteiger partial charge in [-0.15, -0.1) is 0 Å². The van der Waals surface area contributed by atoms with Crippen molar-refractivity contribution in [3.8, 4) is 0 Å². The van der Waals surface area contributed by atoms with Crippen molar-refractivity contribution in [2.75, 3.05) is 5.32 Å². The number of hydrogen-bond donors (Lipinski definition) is 4. The molecule has 0 aliphatic carbocycles. The van der Waals surface area contributed by atoms with Crippen LogP contribution in [0, 0.1) is 5.41 Å². The van der Waals surface area contributed by atoms with Gasteiger partial charge in [-0.2, -0.15) is 0 Å². The highest BCUT2D eigenvalue weighted by Gasteiger charge is 2.08. The van der Waals surface area contributed by atoms with Gasteiger partial charge in [0.2, 0.25) is 0 Å². The third-order valence-corrected chi connectivity index (χ3v) is 3.10. The Balaban J connectivity index is 1.85. The molecule has 1 aromatic carbocycles. The number of benzene rings is 1. The second-order valence-corrected chi connectivity index (χ2v) is 5.06. The number of carbonyl (C=O) groups excluding carboxylic acids is 1. The van der Waals surface area contributed by atoms with Gasteiger partial charge < -0.3 is 16.4 Å². The molecule has 2 aromatic rings. The van der Waals surface area contributed by atoms with E-state index in [0.717, 1.165) is 5.56 Å². The highest BCUT2D eigenvalue weighted by Crippen LogP contribution is 2.09. The predicted octanol–water partition coefficient (Wildman–Crippen LogP) is 2.12. The fourth-order valence-corrected chi connectivity index (χ4v) is 2.05. The third-order valence-electron chi connectivity index (χ3n) is 3.10. The summed E-state index contributed by atoms with van der Waals surface area (Å²) in [7, 11) is 0. The number of nitrogens with two attached hydrogens (primary N) is 1. The summed E-state index contributed by atoms with van der Waals surface area (Å²) in [5.41, 5.74) is 7.72. The van der Waals surface area contributed by atoms with Gasteiger partial charge in [-0.25, -0.2) is 4.79 Å². The lowest BCUT2D eigenvalue weighted by Gasteiger charge is -2.14. The summed E-state index contributed by atoms with van der Waals surface area (Å²) in [5, 5.41) is 12.9. The van der Waals surface area contributed by atoms with Gasteiger partial charge in [-0.05, 0) is 49.2 Å². The van der Waals surface area contributed by atoms with Crippen LogP contribution in [0.25, 0.3) is 0 Å². The largest absolute Gasteiger partial charge is 0.384 e. The molecular weight excluding hydrogens is 278 g/mol. The zero-order valence-electron chi connectivity index (χ0n) is 12.3. The molecule has 1 heterocycles. The molecule has 0 saturated heterocycles. The number of amides is 2. The molecule has 0 saturated carbocycles. The molecule has 1 aromatic heterocycles. The number of pyridine rings is 1. The summed E-state index contributed by atoms with van der Waals surface area (Å²) in [6, 6.07) is 10.4. The van der Waals surface area contributed by atoms with Crippen LogP contribution in [-0.2, 0) is 6.42 Å². The zero-order chi connectivity index (χ0) is 15.9. The van der Waals surface area contributed by atoms with Crippen molar-refractivity contribution >= 4 is 17.6 Å². The average Bonchev–Trinajstić information content (AvgIpc) is 2.48. The van der Waals surface area contributed by atoms with E-state index in [9.17, 15) is 4.79 Å². The molecule has 6 heteroatoms. The second kappa shape index (κ2) is 7.21. The van der Waals surface area contributed by atoms with Crippen LogP contribution in [0.5, 0.6) is 0 Å². The first kappa shape index (κ1) is 15.5. The van der Waals surface area contributed by atoms with Crippen LogP contribution in [0.15, 0.2) is 48.8 Å². The molecule has 0 radical (unpaired) electrons. The first-order valence-electron chi connectivity index (χ1n) is 6.95. The standard InChI is InChI=1S/C16H19N5O/c1-11(9-12-3-2-8-19-10-12)20-16(22)21-14-6-4-13(5-7-14)15(17)18/h2-8,10-11H,9H2,1H3,(H3,17,18)(H2,20,21,22). The van der Waals surface area contributed by atoms with Crippen LogP contribution >= 0.6 is 0 Å². The number of rotatable bonds is 5. The minimum atomic E-state index is -0.271. The van der Waals surface area contributed by atoms with E-state index < -0.39 is 0 Å². The summed E-state index contributed by atoms with van der Waals surface area (Å²) in [6.45, 7) is 1.94. The minimum absolute atomic E-state index is 0.00101. The Morgan fingerprint density at radius 3 is 2.64 bits per heavy atom. The number of nitrogen functional groups attached to an aromatic ring is 1. The SMILES string of the molecule is CC(Cc1cccnc1)NC(=O)Nc1ccc(C(=N)N)cc1. The number of urea groups is 1. The van der Waals surface area contributed by atoms with Crippen LogP contribution in [0.1, 0.15) is 18.1 Å². The first-order valence-corrected chi connectivity index (χ1v) is 6.95. The van der Waals surface area contributed by atoms with Gasteiger partial charge >= 0.3 is 6.03 Å². The van der Waals surface area contributed by atoms with Gasteiger partial charge in [0, 0.05) is 29.7 Å². The molecule has 22 heavy (non-hydrogen) atoms. The number of carbonyl (C=O) groups is 1. The molecule has 5 N–H and O–H groups in total. The Morgan fingerprint density at radius 2 is 2.05 bits per heavy atom. The highest BCUT2D eigenvalue weighted by atomic mass is 16.2. The van der Waals surface area contributed by atoms with Crippen LogP contribution in [0.2, 0.25) is 0 Å². The lowest BCUT2D eigenvalue weighted by molar-refractivity contribution is 0.249. The van der Waals surface area contributed by atoms with Crippen molar-refractivity contribution in [1.82, 2.24) is 10.3 Å². The van der Waals surface area contributed by atoms with Crippen molar-refractivity contribution in [3.63, 3.8) is 0 Å². The van der Waals surface area contributed by atoms with E-state index in [1.807, 2.05) is 19.1 Å². The van der Waals surface area contributed by atoms with Crippen LogP contribution in [0.4, 0.5) is 10.5 Å². The summed E-state index contributed by atoms with van der Waals surface area (Å²) in [6.07, 6.45) is 4.22. The Kier molecular flexibility index (Phi) is 5.08. The Morgan fingerprint density at radius 1 is 1.32 bits per heavy atom. The summed E-state index contributed by atoms with van der Waals surface area (Å²) in [4.78, 5) is 16.0. The monoisotopic (exact) mass is 297 g/mol. The topological polar surface area (TPSA) is 104 Å². The number of nitrogens with one attached hydrogen (secondary N) is 3. The number of hydrogen-bond acceptors (Lipinski definition) is 3. The minimum Gasteiger partial charge on any atom is -0.384 e. The van der Waals surface area contributed by atoms with E-state index in [1.165, 1.54) is 0 Å². The van der Waals surface area contributed by atoms with Gasteiger partial charge in [0.1, 0.15) is 5.84 Å². The van der Waals surface area contributed by atoms with Gasteiger partial charge in [0.05, 0.1) is 0 Å². The van der Waals surface area contributed by atoms with E-state index in [-0.39, 0.29) is 17.9 Å². The molecule has 0 spiro atoms. The van der Waals surface area contributed by atoms with Crippen molar-refractivity contribution in [2.45, 2.75) is 19.4 Å². The van der Waals surface area contributed by atoms with E-state index in [1.54, 1.807) is 36.7 Å². The lowest BCUT2D eigenvalue weighted by atomic mass is 10.1. The predicted molar refractivity (Wildman–Crippen MR) is 87.0 cm³/mol. The molecule has 0 aliphatic rings. The molecule has 114 valence electrons. The molecular formula is C16H19N5O. The highest BCUT2D eigenvalue weighted by molar-refractivity contribution is 5.96. The van der Waals surface area contributed by atoms with Crippen LogP contribution in [0.3, 0.4) is 0 Å². The van der Waals surface area contributed by atoms with Gasteiger partial charge in [0.15, 0.2) is 0 Å². The molecule has 6 nitrogen and oxygen atoms in total. The maximum absolute atomic E-state index is 11.9. The molecule has 1 unspecified atom stereocenters. The fourth-order valence-electron chi connectivity index (χ4n) is 2.05. The summed E-state index contributed by atoms with van der Waals surface area (Å²) < 4.78 is 0. The molecule has 0 fully saturated rings. The van der Waals surface area contributed by atoms with Crippen molar-refractivity contribution < 1.29 is 4.79 Å². The second-order valence-electron chi connectivity index (χ2n) is 5.06. The van der Waals surface area contributed by atoms with Crippen LogP contribution in [-0.4, -0.2) is 22.9 Å². The number of amidine groups is 1. The number of nitrogens with zero attached hydrogens (tertiary/aromatic N) is 1. The molecule has 0 aliphatic heterocycles. The van der Waals surface area contributed by atoms with E-state index in [0.29, 0.717) is 17.7 Å². The van der Waals surface area contributed by atoms with Gasteiger partial charge in [0.25, 0.3) is 0 Å². The molecule has 1 atom stereocenters. The number of anilines is 1. The Hall–Kier alpha value is -2.89. The summed E-state index contributed by atoms with van der Waals surface area (Å²) in [5.74, 6) is 0.00101. The van der Waals surface area contributed by atoms with Crippen molar-refractivity contribution in [1.29, 1.82) is 5.41 Å². The van der Waals surface area contributed by atoms with Crippen molar-refractivity contribution in [2.24, 2.45) is 5.73 Å². The number of aromatic nitrogens is 1. The third kappa shape index (κ3) is 4.59. The fraction of sp³-hybridized carbons (Fsp3) is 0.188. The van der Waals surface area contributed by atoms with E-state index in [4.69, 9.17) is 11.1 Å². The Labute approximate surface area is 129 Å². The smallest absolute Gasteiger partial charge is 0.319 e. The molecule has 2 rings (SSSR count). The average molecular weight is 297 g/mol. The van der Waals surface area contributed by atoms with E-state index in [2.05, 4.69) is 15.6 Å². The summed E-state index contributed by atoms with van der Waals surface area (Å²) >= 11 is 0. The quantitative estimate of drug-likeness (QED) is 0.502. The normalized spacial score (nSPS) is 11.5. The van der Waals surface area contributed by atoms with Crippen LogP contribution < -0.4 is 16.4 Å². The molecule has 0 bridgehead atoms.